The lowest BCUT2D eigenvalue weighted by atomic mass is 10.3. The number of hydrazine groups is 1. The van der Waals surface area contributed by atoms with E-state index in [0.29, 0.717) is 21.6 Å². The molecule has 106 valence electrons. The highest BCUT2D eigenvalue weighted by atomic mass is 35.5. The Morgan fingerprint density at radius 3 is 2.65 bits per heavy atom. The minimum atomic E-state index is -0.458. The lowest BCUT2D eigenvalue weighted by molar-refractivity contribution is 0.0924. The van der Waals surface area contributed by atoms with Crippen LogP contribution in [0.3, 0.4) is 0 Å². The molecule has 1 aromatic heterocycles. The molecule has 0 saturated heterocycles. The number of benzene rings is 1. The molecule has 2 aromatic rings. The van der Waals surface area contributed by atoms with E-state index in [2.05, 4.69) is 0 Å². The Bertz CT molecular complexity index is 623. The molecule has 0 aliphatic heterocycles. The highest BCUT2D eigenvalue weighted by Crippen LogP contribution is 2.36. The van der Waals surface area contributed by atoms with E-state index in [0.717, 1.165) is 10.5 Å². The van der Waals surface area contributed by atoms with Crippen molar-refractivity contribution in [1.82, 2.24) is 5.43 Å². The second-order valence-corrected chi connectivity index (χ2v) is 5.80. The van der Waals surface area contributed by atoms with Crippen LogP contribution in [0.15, 0.2) is 33.6 Å². The van der Waals surface area contributed by atoms with Crippen LogP contribution in [0.25, 0.3) is 0 Å². The summed E-state index contributed by atoms with van der Waals surface area (Å²) in [4.78, 5) is 12.2. The van der Waals surface area contributed by atoms with Gasteiger partial charge in [-0.3, -0.25) is 10.2 Å². The third-order valence-electron chi connectivity index (χ3n) is 2.67. The maximum atomic E-state index is 11.4. The van der Waals surface area contributed by atoms with Crippen molar-refractivity contribution in [1.29, 1.82) is 0 Å². The number of halogens is 2. The van der Waals surface area contributed by atoms with Gasteiger partial charge in [0.05, 0.1) is 10.0 Å². The Kier molecular flexibility index (Phi) is 4.99. The van der Waals surface area contributed by atoms with Gasteiger partial charge in [0, 0.05) is 16.2 Å². The number of hydrogen-bond donors (Lipinski definition) is 2. The van der Waals surface area contributed by atoms with Crippen LogP contribution in [-0.4, -0.2) is 5.91 Å². The summed E-state index contributed by atoms with van der Waals surface area (Å²) in [5, 5.41) is 1.20. The van der Waals surface area contributed by atoms with Gasteiger partial charge in [-0.15, -0.1) is 11.8 Å². The van der Waals surface area contributed by atoms with Crippen LogP contribution < -0.4 is 11.3 Å². The normalized spacial score (nSPS) is 10.6. The predicted octanol–water partition coefficient (Wildman–Crippen LogP) is 3.79. The summed E-state index contributed by atoms with van der Waals surface area (Å²) in [5.41, 5.74) is 2.93. The van der Waals surface area contributed by atoms with Gasteiger partial charge < -0.3 is 4.42 Å². The molecule has 2 rings (SSSR count). The smallest absolute Gasteiger partial charge is 0.300 e. The van der Waals surface area contributed by atoms with Gasteiger partial charge in [0.1, 0.15) is 5.76 Å². The van der Waals surface area contributed by atoms with Crippen molar-refractivity contribution in [2.45, 2.75) is 17.6 Å². The van der Waals surface area contributed by atoms with Gasteiger partial charge in [0.15, 0.2) is 5.76 Å². The summed E-state index contributed by atoms with van der Waals surface area (Å²) in [6, 6.07) is 7.02. The van der Waals surface area contributed by atoms with Gasteiger partial charge in [-0.1, -0.05) is 29.3 Å². The molecule has 0 saturated carbocycles. The summed E-state index contributed by atoms with van der Waals surface area (Å²) in [6.45, 7) is 1.79. The van der Waals surface area contributed by atoms with Crippen molar-refractivity contribution in [3.8, 4) is 0 Å². The number of thioether (sulfide) groups is 1. The average Bonchev–Trinajstić information content (AvgIpc) is 2.79. The monoisotopic (exact) mass is 330 g/mol. The molecular weight excluding hydrogens is 319 g/mol. The molecule has 1 aromatic carbocycles. The first-order valence-electron chi connectivity index (χ1n) is 5.70. The van der Waals surface area contributed by atoms with Crippen LogP contribution in [0, 0.1) is 6.92 Å². The Balaban J connectivity index is 2.15. The highest BCUT2D eigenvalue weighted by Gasteiger charge is 2.14. The molecule has 0 spiro atoms. The van der Waals surface area contributed by atoms with E-state index >= 15 is 0 Å². The molecule has 0 aliphatic carbocycles. The molecule has 7 heteroatoms. The van der Waals surface area contributed by atoms with E-state index in [1.807, 2.05) is 5.43 Å². The molecule has 4 nitrogen and oxygen atoms in total. The van der Waals surface area contributed by atoms with Gasteiger partial charge in [0.25, 0.3) is 0 Å². The van der Waals surface area contributed by atoms with Crippen molar-refractivity contribution < 1.29 is 9.21 Å². The number of furan rings is 1. The highest BCUT2D eigenvalue weighted by molar-refractivity contribution is 7.98. The Labute approximate surface area is 130 Å². The molecule has 0 fully saturated rings. The lowest BCUT2D eigenvalue weighted by Gasteiger charge is -2.05. The van der Waals surface area contributed by atoms with Crippen molar-refractivity contribution in [3.05, 3.63) is 51.4 Å². The summed E-state index contributed by atoms with van der Waals surface area (Å²) >= 11 is 13.7. The summed E-state index contributed by atoms with van der Waals surface area (Å²) in [5.74, 6) is 6.06. The topological polar surface area (TPSA) is 68.3 Å². The van der Waals surface area contributed by atoms with Gasteiger partial charge in [-0.05, 0) is 25.1 Å². The minimum Gasteiger partial charge on any atom is -0.456 e. The van der Waals surface area contributed by atoms with Crippen LogP contribution in [-0.2, 0) is 5.75 Å². The van der Waals surface area contributed by atoms with Gasteiger partial charge >= 0.3 is 5.91 Å². The SMILES string of the molecule is Cc1oc(C(=O)NN)cc1CSc1c(Cl)cccc1Cl. The van der Waals surface area contributed by atoms with Gasteiger partial charge in [-0.25, -0.2) is 5.84 Å². The number of aryl methyl sites for hydroxylation is 1. The first-order valence-corrected chi connectivity index (χ1v) is 7.44. The number of hydrogen-bond acceptors (Lipinski definition) is 4. The van der Waals surface area contributed by atoms with Crippen molar-refractivity contribution in [3.63, 3.8) is 0 Å². The minimum absolute atomic E-state index is 0.186. The van der Waals surface area contributed by atoms with E-state index < -0.39 is 5.91 Å². The molecule has 1 heterocycles. The zero-order chi connectivity index (χ0) is 14.7. The second-order valence-electron chi connectivity index (χ2n) is 4.00. The molecule has 20 heavy (non-hydrogen) atoms. The van der Waals surface area contributed by atoms with Crippen LogP contribution in [0.2, 0.25) is 10.0 Å². The molecule has 3 N–H and O–H groups in total. The van der Waals surface area contributed by atoms with E-state index in [4.69, 9.17) is 33.5 Å². The molecule has 0 aliphatic rings. The Morgan fingerprint density at radius 1 is 1.40 bits per heavy atom. The van der Waals surface area contributed by atoms with Crippen molar-refractivity contribution >= 4 is 40.9 Å². The van der Waals surface area contributed by atoms with Crippen molar-refractivity contribution in [2.75, 3.05) is 0 Å². The molecular formula is C13H12Cl2N2O2S. The number of rotatable bonds is 4. The molecule has 0 bridgehead atoms. The third kappa shape index (κ3) is 3.30. The summed E-state index contributed by atoms with van der Waals surface area (Å²) in [6.07, 6.45) is 0. The fraction of sp³-hybridized carbons (Fsp3) is 0.154. The third-order valence-corrected chi connectivity index (χ3v) is 4.70. The largest absolute Gasteiger partial charge is 0.456 e. The fourth-order valence-electron chi connectivity index (χ4n) is 1.62. The quantitative estimate of drug-likeness (QED) is 0.387. The van der Waals surface area contributed by atoms with Crippen LogP contribution >= 0.6 is 35.0 Å². The number of amides is 1. The maximum Gasteiger partial charge on any atom is 0.300 e. The number of nitrogens with one attached hydrogen (secondary N) is 1. The maximum absolute atomic E-state index is 11.4. The van der Waals surface area contributed by atoms with Crippen LogP contribution in [0.5, 0.6) is 0 Å². The van der Waals surface area contributed by atoms with Gasteiger partial charge in [-0.2, -0.15) is 0 Å². The van der Waals surface area contributed by atoms with Crippen LogP contribution in [0.4, 0.5) is 0 Å². The van der Waals surface area contributed by atoms with E-state index in [-0.39, 0.29) is 5.76 Å². The molecule has 0 unspecified atom stereocenters. The second kappa shape index (κ2) is 6.54. The number of nitrogens with two attached hydrogens (primary N) is 1. The fourth-order valence-corrected chi connectivity index (χ4v) is 3.34. The molecule has 0 radical (unpaired) electrons. The van der Waals surface area contributed by atoms with Gasteiger partial charge in [0.2, 0.25) is 0 Å². The Morgan fingerprint density at radius 2 is 2.05 bits per heavy atom. The first kappa shape index (κ1) is 15.3. The average molecular weight is 331 g/mol. The van der Waals surface area contributed by atoms with Crippen molar-refractivity contribution in [2.24, 2.45) is 5.84 Å². The number of carbonyl (C=O) groups is 1. The van der Waals surface area contributed by atoms with Crippen LogP contribution in [0.1, 0.15) is 21.9 Å². The standard InChI is InChI=1S/C13H12Cl2N2O2S/c1-7-8(5-11(19-7)13(18)17-16)6-20-12-9(14)3-2-4-10(12)15/h2-5H,6,16H2,1H3,(H,17,18). The molecule has 0 atom stereocenters. The predicted molar refractivity (Wildman–Crippen MR) is 81.1 cm³/mol. The lowest BCUT2D eigenvalue weighted by Crippen LogP contribution is -2.29. The van der Waals surface area contributed by atoms with E-state index in [1.165, 1.54) is 11.8 Å². The summed E-state index contributed by atoms with van der Waals surface area (Å²) in [7, 11) is 0. The van der Waals surface area contributed by atoms with E-state index in [9.17, 15) is 4.79 Å². The summed E-state index contributed by atoms with van der Waals surface area (Å²) < 4.78 is 5.34. The zero-order valence-electron chi connectivity index (χ0n) is 10.6. The van der Waals surface area contributed by atoms with E-state index in [1.54, 1.807) is 31.2 Å². The number of carbonyl (C=O) groups excluding carboxylic acids is 1. The first-order chi connectivity index (χ1) is 9.52. The Hall–Kier alpha value is -1.14. The molecule has 1 amide bonds. The number of nitrogen functional groups attached to an aromatic ring is 1. The zero-order valence-corrected chi connectivity index (χ0v) is 12.9.